The van der Waals surface area contributed by atoms with Gasteiger partial charge in [0, 0.05) is 0 Å². The fourth-order valence-corrected chi connectivity index (χ4v) is 1.50. The van der Waals surface area contributed by atoms with Crippen LogP contribution in [-0.2, 0) is 32.7 Å². The monoisotopic (exact) mass is 312 g/mol. The minimum absolute atomic E-state index is 0.104. The third-order valence-electron chi connectivity index (χ3n) is 1.67. The summed E-state index contributed by atoms with van der Waals surface area (Å²) in [4.78, 5) is 21.4. The molecule has 8 heteroatoms. The molecule has 0 heterocycles. The number of ether oxygens (including phenoxy) is 2. The minimum atomic E-state index is -2.14. The molecule has 0 aliphatic carbocycles. The smallest absolute Gasteiger partial charge is 0.319 e. The predicted molar refractivity (Wildman–Crippen MR) is 74.8 cm³/mol. The Morgan fingerprint density at radius 2 is 1.10 bits per heavy atom. The maximum atomic E-state index is 10.7. The van der Waals surface area contributed by atoms with Crippen LogP contribution in [0.4, 0.5) is 0 Å². The molecule has 0 saturated carbocycles. The molecule has 0 saturated heterocycles. The molecule has 0 N–H and O–H groups in total. The van der Waals surface area contributed by atoms with Gasteiger partial charge in [0.1, 0.15) is 0 Å². The van der Waals surface area contributed by atoms with Gasteiger partial charge in [-0.15, -0.1) is 0 Å². The molecule has 0 aromatic heterocycles. The highest BCUT2D eigenvalue weighted by Gasteiger charge is 2.07. The van der Waals surface area contributed by atoms with E-state index in [9.17, 15) is 14.2 Å². The zero-order valence-corrected chi connectivity index (χ0v) is 13.6. The number of carbonyl (C=O) groups excluding carboxylic acids is 2. The lowest BCUT2D eigenvalue weighted by Gasteiger charge is -2.01. The molecule has 7 nitrogen and oxygen atoms in total. The van der Waals surface area contributed by atoms with Crippen LogP contribution < -0.4 is 0 Å². The number of hydrogen-bond donors (Lipinski definition) is 0. The second kappa shape index (κ2) is 16.1. The quantitative estimate of drug-likeness (QED) is 0.477. The fourth-order valence-electron chi connectivity index (χ4n) is 0.948. The molecule has 0 spiro atoms. The van der Waals surface area contributed by atoms with E-state index < -0.39 is 8.25 Å². The SMILES string of the molecule is CCOC(=O)CCC(=O)OCC.CCO[PH](=O)OCC. The van der Waals surface area contributed by atoms with Gasteiger partial charge in [-0.3, -0.25) is 14.2 Å². The van der Waals surface area contributed by atoms with Crippen LogP contribution in [0, 0.1) is 0 Å². The van der Waals surface area contributed by atoms with Crippen molar-refractivity contribution in [2.45, 2.75) is 40.5 Å². The van der Waals surface area contributed by atoms with Crippen LogP contribution in [0.1, 0.15) is 40.5 Å². The standard InChI is InChI=1S/C8H14O4.C4H11O3P/c1-3-11-7(9)5-6-8(10)12-4-2;1-3-6-8(5)7-4-2/h3-6H2,1-2H3;8H,3-4H2,1-2H3. The number of hydrogen-bond acceptors (Lipinski definition) is 7. The average Bonchev–Trinajstić information content (AvgIpc) is 2.38. The normalized spacial score (nSPS) is 9.65. The van der Waals surface area contributed by atoms with Gasteiger partial charge in [-0.1, -0.05) is 0 Å². The Balaban J connectivity index is 0. The molecule has 0 aliphatic heterocycles. The van der Waals surface area contributed by atoms with Crippen molar-refractivity contribution in [2.75, 3.05) is 26.4 Å². The first-order valence-electron chi connectivity index (χ1n) is 6.62. The molecule has 120 valence electrons. The first-order chi connectivity index (χ1) is 9.51. The molecule has 0 bridgehead atoms. The van der Waals surface area contributed by atoms with Crippen molar-refractivity contribution in [1.82, 2.24) is 0 Å². The van der Waals surface area contributed by atoms with Gasteiger partial charge in [0.2, 0.25) is 0 Å². The summed E-state index contributed by atoms with van der Waals surface area (Å²) in [5, 5.41) is 0. The molecule has 0 rings (SSSR count). The molecular weight excluding hydrogens is 287 g/mol. The van der Waals surface area contributed by atoms with Crippen LogP contribution in [0.25, 0.3) is 0 Å². The van der Waals surface area contributed by atoms with Gasteiger partial charge in [0.15, 0.2) is 0 Å². The second-order valence-electron chi connectivity index (χ2n) is 3.23. The van der Waals surface area contributed by atoms with Gasteiger partial charge in [0.25, 0.3) is 0 Å². The van der Waals surface area contributed by atoms with Gasteiger partial charge in [-0.25, -0.2) is 0 Å². The number of esters is 2. The number of carbonyl (C=O) groups is 2. The molecule has 0 aromatic rings. The molecule has 0 unspecified atom stereocenters. The topological polar surface area (TPSA) is 88.1 Å². The lowest BCUT2D eigenvalue weighted by molar-refractivity contribution is -0.149. The lowest BCUT2D eigenvalue weighted by Crippen LogP contribution is -2.09. The van der Waals surface area contributed by atoms with Crippen molar-refractivity contribution in [2.24, 2.45) is 0 Å². The van der Waals surface area contributed by atoms with E-state index in [1.54, 1.807) is 27.7 Å². The van der Waals surface area contributed by atoms with Crippen molar-refractivity contribution >= 4 is 20.2 Å². The molecule has 0 aliphatic rings. The van der Waals surface area contributed by atoms with Crippen LogP contribution in [-0.4, -0.2) is 38.4 Å². The van der Waals surface area contributed by atoms with E-state index in [4.69, 9.17) is 0 Å². The third kappa shape index (κ3) is 17.1. The van der Waals surface area contributed by atoms with Gasteiger partial charge in [0.05, 0.1) is 39.3 Å². The minimum Gasteiger partial charge on any atom is -0.466 e. The van der Waals surface area contributed by atoms with E-state index in [0.717, 1.165) is 0 Å². The largest absolute Gasteiger partial charge is 0.466 e. The Labute approximate surface area is 120 Å². The summed E-state index contributed by atoms with van der Waals surface area (Å²) in [5.41, 5.74) is 0. The van der Waals surface area contributed by atoms with E-state index in [0.29, 0.717) is 26.4 Å². The van der Waals surface area contributed by atoms with Crippen molar-refractivity contribution in [3.8, 4) is 0 Å². The predicted octanol–water partition coefficient (Wildman–Crippen LogP) is 2.34. The molecule has 0 atom stereocenters. The van der Waals surface area contributed by atoms with Gasteiger partial charge in [-0.2, -0.15) is 0 Å². The summed E-state index contributed by atoms with van der Waals surface area (Å²) >= 11 is 0. The molecule has 0 radical (unpaired) electrons. The third-order valence-corrected chi connectivity index (χ3v) is 2.72. The van der Waals surface area contributed by atoms with Gasteiger partial charge < -0.3 is 18.5 Å². The highest BCUT2D eigenvalue weighted by molar-refractivity contribution is 7.33. The maximum Gasteiger partial charge on any atom is 0.319 e. The van der Waals surface area contributed by atoms with Crippen molar-refractivity contribution in [1.29, 1.82) is 0 Å². The van der Waals surface area contributed by atoms with Crippen LogP contribution >= 0.6 is 8.25 Å². The van der Waals surface area contributed by atoms with Crippen LogP contribution in [0.2, 0.25) is 0 Å². The van der Waals surface area contributed by atoms with E-state index in [1.807, 2.05) is 0 Å². The fraction of sp³-hybridized carbons (Fsp3) is 0.833. The molecule has 0 amide bonds. The highest BCUT2D eigenvalue weighted by Crippen LogP contribution is 2.21. The summed E-state index contributed by atoms with van der Waals surface area (Å²) in [7, 11) is -2.14. The molecular formula is C12H25O7P. The number of rotatable bonds is 9. The summed E-state index contributed by atoms with van der Waals surface area (Å²) < 4.78 is 28.8. The highest BCUT2D eigenvalue weighted by atomic mass is 31.1. The van der Waals surface area contributed by atoms with Crippen LogP contribution in [0.15, 0.2) is 0 Å². The van der Waals surface area contributed by atoms with E-state index >= 15 is 0 Å². The van der Waals surface area contributed by atoms with Gasteiger partial charge >= 0.3 is 20.2 Å². The summed E-state index contributed by atoms with van der Waals surface area (Å²) in [6, 6.07) is 0. The Kier molecular flexibility index (Phi) is 17.3. The lowest BCUT2D eigenvalue weighted by atomic mass is 10.3. The molecule has 0 aromatic carbocycles. The van der Waals surface area contributed by atoms with Crippen LogP contribution in [0.3, 0.4) is 0 Å². The summed E-state index contributed by atoms with van der Waals surface area (Å²) in [6.45, 7) is 8.62. The Morgan fingerprint density at radius 1 is 0.750 bits per heavy atom. The Bertz CT molecular complexity index is 255. The maximum absolute atomic E-state index is 10.7. The van der Waals surface area contributed by atoms with Crippen molar-refractivity contribution < 1.29 is 32.7 Å². The average molecular weight is 312 g/mol. The van der Waals surface area contributed by atoms with E-state index in [2.05, 4.69) is 18.5 Å². The molecule has 20 heavy (non-hydrogen) atoms. The summed E-state index contributed by atoms with van der Waals surface area (Å²) in [6.07, 6.45) is 0.208. The second-order valence-corrected chi connectivity index (χ2v) is 4.30. The van der Waals surface area contributed by atoms with Crippen molar-refractivity contribution in [3.05, 3.63) is 0 Å². The van der Waals surface area contributed by atoms with E-state index in [-0.39, 0.29) is 24.8 Å². The Hall–Kier alpha value is -0.910. The molecule has 0 fully saturated rings. The zero-order valence-electron chi connectivity index (χ0n) is 12.6. The first kappa shape index (κ1) is 21.4. The van der Waals surface area contributed by atoms with E-state index in [1.165, 1.54) is 0 Å². The first-order valence-corrected chi connectivity index (χ1v) is 7.84. The van der Waals surface area contributed by atoms with Gasteiger partial charge in [-0.05, 0) is 27.7 Å². The van der Waals surface area contributed by atoms with Crippen LogP contribution in [0.5, 0.6) is 0 Å². The van der Waals surface area contributed by atoms with Crippen molar-refractivity contribution in [3.63, 3.8) is 0 Å². The summed E-state index contributed by atoms with van der Waals surface area (Å²) in [5.74, 6) is -0.712. The Morgan fingerprint density at radius 3 is 1.35 bits per heavy atom. The zero-order chi connectivity index (χ0) is 15.8.